The van der Waals surface area contributed by atoms with E-state index < -0.39 is 0 Å². The number of hydrogen-bond acceptors (Lipinski definition) is 4. The number of hydrogen-bond donors (Lipinski definition) is 2. The molecule has 0 fully saturated rings. The quantitative estimate of drug-likeness (QED) is 0.648. The van der Waals surface area contributed by atoms with Crippen LogP contribution in [0.4, 0.5) is 5.13 Å². The molecule has 0 saturated carbocycles. The summed E-state index contributed by atoms with van der Waals surface area (Å²) in [5.41, 5.74) is 4.41. The zero-order valence-corrected chi connectivity index (χ0v) is 12.1. The van der Waals surface area contributed by atoms with Crippen molar-refractivity contribution in [2.24, 2.45) is 0 Å². The van der Waals surface area contributed by atoms with Crippen LogP contribution in [-0.4, -0.2) is 22.3 Å². The Morgan fingerprint density at radius 1 is 1.58 bits per heavy atom. The Kier molecular flexibility index (Phi) is 3.85. The highest BCUT2D eigenvalue weighted by Gasteiger charge is 2.17. The van der Waals surface area contributed by atoms with Gasteiger partial charge < -0.3 is 10.3 Å². The lowest BCUT2D eigenvalue weighted by atomic mass is 10.1. The number of carbonyl (C=O) groups is 1. The molecule has 4 nitrogen and oxygen atoms in total. The number of ketones is 1. The van der Waals surface area contributed by atoms with E-state index in [9.17, 15) is 4.79 Å². The van der Waals surface area contributed by atoms with E-state index in [2.05, 4.69) is 21.9 Å². The van der Waals surface area contributed by atoms with Gasteiger partial charge in [0, 0.05) is 23.2 Å². The van der Waals surface area contributed by atoms with Crippen LogP contribution < -0.4 is 5.32 Å². The van der Waals surface area contributed by atoms with Crippen molar-refractivity contribution in [3.63, 3.8) is 0 Å². The highest BCUT2D eigenvalue weighted by Crippen LogP contribution is 2.30. The van der Waals surface area contributed by atoms with E-state index in [-0.39, 0.29) is 5.78 Å². The van der Waals surface area contributed by atoms with Gasteiger partial charge in [0.25, 0.3) is 0 Å². The van der Waals surface area contributed by atoms with Gasteiger partial charge in [-0.1, -0.05) is 6.08 Å². The Morgan fingerprint density at radius 2 is 2.32 bits per heavy atom. The molecule has 5 heteroatoms. The maximum atomic E-state index is 11.6. The minimum Gasteiger partial charge on any atom is -0.358 e. The Balaban J connectivity index is 2.37. The van der Waals surface area contributed by atoms with Gasteiger partial charge in [-0.3, -0.25) is 4.79 Å². The number of Topliss-reactive ketones (excluding diaryl/α,β-unsaturated/α-hetero) is 1. The summed E-state index contributed by atoms with van der Waals surface area (Å²) in [6.07, 6.45) is 1.79. The number of aromatic nitrogens is 2. The van der Waals surface area contributed by atoms with E-state index in [1.54, 1.807) is 24.3 Å². The smallest absolute Gasteiger partial charge is 0.183 e. The van der Waals surface area contributed by atoms with Gasteiger partial charge in [-0.05, 0) is 26.3 Å². The predicted octanol–water partition coefficient (Wildman–Crippen LogP) is 3.56. The fourth-order valence-corrected chi connectivity index (χ4v) is 2.88. The average molecular weight is 275 g/mol. The monoisotopic (exact) mass is 275 g/mol. The van der Waals surface area contributed by atoms with Crippen LogP contribution in [0.2, 0.25) is 0 Å². The fraction of sp³-hybridized carbons (Fsp3) is 0.286. The molecule has 0 bridgehead atoms. The Bertz CT molecular complexity index is 625. The number of H-pyrrole nitrogens is 1. The third kappa shape index (κ3) is 2.61. The SMILES string of the molecule is C=CCNc1nc(-c2[nH]c(C)c(C(C)=O)c2C)cs1. The number of nitrogens with zero attached hydrogens (tertiary/aromatic N) is 1. The van der Waals surface area contributed by atoms with Gasteiger partial charge in [0.05, 0.1) is 5.69 Å². The van der Waals surface area contributed by atoms with Gasteiger partial charge >= 0.3 is 0 Å². The lowest BCUT2D eigenvalue weighted by molar-refractivity contribution is 0.101. The molecule has 0 aromatic carbocycles. The molecule has 2 rings (SSSR count). The van der Waals surface area contributed by atoms with E-state index in [1.807, 2.05) is 19.2 Å². The van der Waals surface area contributed by atoms with E-state index in [0.29, 0.717) is 6.54 Å². The van der Waals surface area contributed by atoms with Gasteiger partial charge in [0.2, 0.25) is 0 Å². The minimum atomic E-state index is 0.0812. The molecule has 0 aliphatic heterocycles. The zero-order valence-electron chi connectivity index (χ0n) is 11.3. The summed E-state index contributed by atoms with van der Waals surface area (Å²) < 4.78 is 0. The molecule has 0 aliphatic rings. The summed E-state index contributed by atoms with van der Waals surface area (Å²) >= 11 is 1.54. The first kappa shape index (κ1) is 13.5. The zero-order chi connectivity index (χ0) is 14.0. The number of aryl methyl sites for hydroxylation is 1. The molecule has 2 aromatic heterocycles. The van der Waals surface area contributed by atoms with Crippen LogP contribution in [0.15, 0.2) is 18.0 Å². The number of carbonyl (C=O) groups excluding carboxylic acids is 1. The van der Waals surface area contributed by atoms with Crippen LogP contribution in [0, 0.1) is 13.8 Å². The second kappa shape index (κ2) is 5.40. The molecule has 2 N–H and O–H groups in total. The average Bonchev–Trinajstić information content (AvgIpc) is 2.91. The number of aromatic amines is 1. The van der Waals surface area contributed by atoms with Crippen molar-refractivity contribution < 1.29 is 4.79 Å². The van der Waals surface area contributed by atoms with Crippen molar-refractivity contribution >= 4 is 22.3 Å². The van der Waals surface area contributed by atoms with Crippen LogP contribution in [-0.2, 0) is 0 Å². The Hall–Kier alpha value is -1.88. The van der Waals surface area contributed by atoms with Crippen LogP contribution in [0.25, 0.3) is 11.4 Å². The van der Waals surface area contributed by atoms with Crippen LogP contribution in [0.5, 0.6) is 0 Å². The molecule has 0 unspecified atom stereocenters. The standard InChI is InChI=1S/C14H17N3OS/c1-5-6-15-14-17-11(7-19-14)13-8(2)12(10(4)18)9(3)16-13/h5,7,16H,1,6H2,2-4H3,(H,15,17). The van der Waals surface area contributed by atoms with Crippen molar-refractivity contribution in [1.29, 1.82) is 0 Å². The first-order chi connectivity index (χ1) is 9.04. The molecule has 0 amide bonds. The van der Waals surface area contributed by atoms with E-state index >= 15 is 0 Å². The van der Waals surface area contributed by atoms with Gasteiger partial charge in [-0.15, -0.1) is 17.9 Å². The van der Waals surface area contributed by atoms with Crippen molar-refractivity contribution in [3.05, 3.63) is 34.9 Å². The summed E-state index contributed by atoms with van der Waals surface area (Å²) in [4.78, 5) is 19.4. The van der Waals surface area contributed by atoms with Crippen molar-refractivity contribution in [2.75, 3.05) is 11.9 Å². The molecular formula is C14H17N3OS. The molecule has 2 heterocycles. The topological polar surface area (TPSA) is 57.8 Å². The molecule has 0 atom stereocenters. The van der Waals surface area contributed by atoms with E-state index in [1.165, 1.54) is 0 Å². The number of anilines is 1. The van der Waals surface area contributed by atoms with Gasteiger partial charge in [-0.2, -0.15) is 0 Å². The third-order valence-corrected chi connectivity index (χ3v) is 3.75. The van der Waals surface area contributed by atoms with Crippen LogP contribution in [0.1, 0.15) is 28.5 Å². The number of thiazole rings is 1. The molecule has 2 aromatic rings. The molecule has 100 valence electrons. The summed E-state index contributed by atoms with van der Waals surface area (Å²) in [5.74, 6) is 0.0812. The summed E-state index contributed by atoms with van der Waals surface area (Å²) in [5, 5.41) is 5.99. The maximum absolute atomic E-state index is 11.6. The van der Waals surface area contributed by atoms with Gasteiger partial charge in [0.1, 0.15) is 5.69 Å². The second-order valence-corrected chi connectivity index (χ2v) is 5.25. The molecular weight excluding hydrogens is 258 g/mol. The molecule has 0 spiro atoms. The molecule has 0 saturated heterocycles. The largest absolute Gasteiger partial charge is 0.358 e. The van der Waals surface area contributed by atoms with Crippen LogP contribution in [0.3, 0.4) is 0 Å². The first-order valence-corrected chi connectivity index (χ1v) is 6.93. The highest BCUT2D eigenvalue weighted by atomic mass is 32.1. The summed E-state index contributed by atoms with van der Waals surface area (Å²) in [6.45, 7) is 9.80. The molecule has 0 aliphatic carbocycles. The second-order valence-electron chi connectivity index (χ2n) is 4.39. The number of rotatable bonds is 5. The third-order valence-electron chi connectivity index (χ3n) is 2.95. The number of nitrogens with one attached hydrogen (secondary N) is 2. The fourth-order valence-electron chi connectivity index (χ4n) is 2.16. The Labute approximate surface area is 116 Å². The normalized spacial score (nSPS) is 10.5. The van der Waals surface area contributed by atoms with Crippen molar-refractivity contribution in [2.45, 2.75) is 20.8 Å². The van der Waals surface area contributed by atoms with Crippen LogP contribution >= 0.6 is 11.3 Å². The minimum absolute atomic E-state index is 0.0812. The van der Waals surface area contributed by atoms with Crippen molar-refractivity contribution in [1.82, 2.24) is 9.97 Å². The Morgan fingerprint density at radius 3 is 2.89 bits per heavy atom. The van der Waals surface area contributed by atoms with Gasteiger partial charge in [-0.25, -0.2) is 4.98 Å². The predicted molar refractivity (Wildman–Crippen MR) is 80.1 cm³/mol. The lowest BCUT2D eigenvalue weighted by Gasteiger charge is -1.97. The van der Waals surface area contributed by atoms with Gasteiger partial charge in [0.15, 0.2) is 10.9 Å². The molecule has 19 heavy (non-hydrogen) atoms. The van der Waals surface area contributed by atoms with E-state index in [0.717, 1.165) is 33.3 Å². The van der Waals surface area contributed by atoms with Crippen molar-refractivity contribution in [3.8, 4) is 11.4 Å². The van der Waals surface area contributed by atoms with E-state index in [4.69, 9.17) is 0 Å². The first-order valence-electron chi connectivity index (χ1n) is 6.05. The maximum Gasteiger partial charge on any atom is 0.183 e. The highest BCUT2D eigenvalue weighted by molar-refractivity contribution is 7.14. The summed E-state index contributed by atoms with van der Waals surface area (Å²) in [7, 11) is 0. The molecule has 0 radical (unpaired) electrons. The summed E-state index contributed by atoms with van der Waals surface area (Å²) in [6, 6.07) is 0. The lowest BCUT2D eigenvalue weighted by Crippen LogP contribution is -1.96.